The van der Waals surface area contributed by atoms with Gasteiger partial charge in [0.25, 0.3) is 0 Å². The second-order valence-electron chi connectivity index (χ2n) is 18.6. The summed E-state index contributed by atoms with van der Waals surface area (Å²) >= 11 is 0. The van der Waals surface area contributed by atoms with Crippen molar-refractivity contribution in [2.45, 2.75) is 32.2 Å². The molecule has 420 valence electrons. The Hall–Kier alpha value is -8.76. The van der Waals surface area contributed by atoms with E-state index >= 15 is 35.1 Å². The third-order valence-corrected chi connectivity index (χ3v) is 14.1. The van der Waals surface area contributed by atoms with Gasteiger partial charge in [0.2, 0.25) is 12.3 Å². The monoisotopic (exact) mass is 1160 g/mol. The highest BCUT2D eigenvalue weighted by Gasteiger charge is 2.52. The first-order valence-corrected chi connectivity index (χ1v) is 24.1. The van der Waals surface area contributed by atoms with Gasteiger partial charge in [0.1, 0.15) is 52.7 Å². The maximum Gasteiger partial charge on any atom is 0.227 e. The molecule has 0 aliphatic carbocycles. The van der Waals surface area contributed by atoms with Crippen LogP contribution in [0.1, 0.15) is 34.5 Å². The Morgan fingerprint density at radius 3 is 1.01 bits per heavy atom. The number of hydrogen-bond acceptors (Lipinski definition) is 1. The number of unbranched alkanes of at least 4 members (excludes halogenated alkanes) is 1. The van der Waals surface area contributed by atoms with Crippen molar-refractivity contribution in [3.8, 4) is 0 Å². The summed E-state index contributed by atoms with van der Waals surface area (Å²) in [6.45, 7) is 0.359. The number of benzene rings is 9. The van der Waals surface area contributed by atoms with E-state index in [1.807, 2.05) is 30.3 Å². The van der Waals surface area contributed by atoms with Crippen molar-refractivity contribution in [1.29, 1.82) is 0 Å². The first kappa shape index (κ1) is 57.9. The Morgan fingerprint density at radius 1 is 0.329 bits per heavy atom. The highest BCUT2D eigenvalue weighted by Crippen LogP contribution is 2.33. The number of rotatable bonds is 12. The van der Waals surface area contributed by atoms with Crippen LogP contribution in [-0.2, 0) is 19.4 Å². The van der Waals surface area contributed by atoms with Gasteiger partial charge in [-0.15, -0.1) is 21.9 Å². The predicted molar refractivity (Wildman–Crippen MR) is 262 cm³/mol. The van der Waals surface area contributed by atoms with Gasteiger partial charge >= 0.3 is 0 Å². The minimum Gasteiger partial charge on any atom is -0.287 e. The van der Waals surface area contributed by atoms with Crippen LogP contribution in [-0.4, -0.2) is 11.9 Å². The molecule has 0 fully saturated rings. The number of ketones is 1. The van der Waals surface area contributed by atoms with Crippen LogP contribution in [0.2, 0.25) is 0 Å². The molecule has 0 aliphatic rings. The number of pyridine rings is 1. The topological polar surface area (TPSA) is 20.9 Å². The normalized spacial score (nSPS) is 11.7. The number of Topliss-reactive ketones (excluding diaryl/α,β-unsaturated/α-hetero) is 1. The van der Waals surface area contributed by atoms with Crippen molar-refractivity contribution >= 4 is 66.1 Å². The quantitative estimate of drug-likeness (QED) is 0.0175. The van der Waals surface area contributed by atoms with E-state index in [9.17, 15) is 57.5 Å². The van der Waals surface area contributed by atoms with Crippen LogP contribution in [0.25, 0.3) is 32.3 Å². The zero-order chi connectivity index (χ0) is 59.4. The molecule has 0 aliphatic heterocycles. The summed E-state index contributed by atoms with van der Waals surface area (Å²) in [5, 5.41) is 7.79. The van der Waals surface area contributed by atoms with E-state index < -0.39 is 144 Å². The average molecular weight is 1160 g/mol. The third-order valence-electron chi connectivity index (χ3n) is 14.1. The number of carbonyl (C=O) groups excluding carboxylic acids is 1. The van der Waals surface area contributed by atoms with Gasteiger partial charge in [0.05, 0.1) is 0 Å². The van der Waals surface area contributed by atoms with Crippen LogP contribution < -0.4 is 26.4 Å². The van der Waals surface area contributed by atoms with E-state index in [4.69, 9.17) is 0 Å². The van der Waals surface area contributed by atoms with Gasteiger partial charge in [-0.25, -0.2) is 87.8 Å². The molecule has 2 nitrogen and oxygen atoms in total. The summed E-state index contributed by atoms with van der Waals surface area (Å²) in [5.41, 5.74) is -10.9. The fourth-order valence-corrected chi connectivity index (χ4v) is 10.5. The van der Waals surface area contributed by atoms with E-state index in [0.29, 0.717) is 6.54 Å². The molecule has 0 radical (unpaired) electrons. The molecule has 23 heteroatoms. The van der Waals surface area contributed by atoms with Crippen LogP contribution in [0.4, 0.5) is 87.8 Å². The molecule has 10 rings (SSSR count). The Kier molecular flexibility index (Phi) is 16.0. The van der Waals surface area contributed by atoms with Crippen molar-refractivity contribution in [2.24, 2.45) is 0 Å². The molecule has 10 aromatic rings. The number of hydrogen-bond donors (Lipinski definition) is 0. The molecule has 0 spiro atoms. The van der Waals surface area contributed by atoms with Gasteiger partial charge in [0, 0.05) is 23.4 Å². The van der Waals surface area contributed by atoms with E-state index in [2.05, 4.69) is 95.7 Å². The van der Waals surface area contributed by atoms with Crippen LogP contribution in [0.15, 0.2) is 121 Å². The van der Waals surface area contributed by atoms with Crippen LogP contribution >= 0.6 is 0 Å². The summed E-state index contributed by atoms with van der Waals surface area (Å²) in [4.78, 5) is 13.0. The lowest BCUT2D eigenvalue weighted by Crippen LogP contribution is -2.81. The van der Waals surface area contributed by atoms with Gasteiger partial charge < -0.3 is 0 Å². The molecule has 9 aromatic carbocycles. The summed E-state index contributed by atoms with van der Waals surface area (Å²) in [7, 11) is 0. The van der Waals surface area contributed by atoms with Crippen LogP contribution in [0, 0.1) is 116 Å². The zero-order valence-electron chi connectivity index (χ0n) is 41.1. The highest BCUT2D eigenvalue weighted by atomic mass is 19.2. The van der Waals surface area contributed by atoms with Crippen molar-refractivity contribution < 1.29 is 97.2 Å². The first-order chi connectivity index (χ1) is 39.0. The molecule has 1 aromatic heterocycles. The molecule has 0 unspecified atom stereocenters. The summed E-state index contributed by atoms with van der Waals surface area (Å²) in [5.74, 6) is -71.3. The lowest BCUT2D eigenvalue weighted by Gasteiger charge is -2.44. The van der Waals surface area contributed by atoms with Crippen molar-refractivity contribution in [3.63, 3.8) is 0 Å². The first-order valence-electron chi connectivity index (χ1n) is 24.1. The summed E-state index contributed by atoms with van der Waals surface area (Å²) in [6.07, 6.45) is -1.01. The van der Waals surface area contributed by atoms with Crippen molar-refractivity contribution in [1.82, 2.24) is 0 Å². The van der Waals surface area contributed by atoms with Crippen molar-refractivity contribution in [2.75, 3.05) is 0 Å². The van der Waals surface area contributed by atoms with Gasteiger partial charge in [-0.3, -0.25) is 4.79 Å². The second kappa shape index (κ2) is 22.6. The second-order valence-corrected chi connectivity index (χ2v) is 18.6. The van der Waals surface area contributed by atoms with Gasteiger partial charge in [0.15, 0.2) is 81.7 Å². The van der Waals surface area contributed by atoms with E-state index in [-0.39, 0.29) is 5.78 Å². The maximum atomic E-state index is 15.4. The fourth-order valence-electron chi connectivity index (χ4n) is 10.5. The Labute approximate surface area is 449 Å². The van der Waals surface area contributed by atoms with E-state index in [1.165, 1.54) is 43.6 Å². The molecular weight excluding hydrogens is 1130 g/mol. The van der Waals surface area contributed by atoms with Gasteiger partial charge in [-0.2, -0.15) is 4.57 Å². The Bertz CT molecular complexity index is 3800. The number of halogens is 20. The average Bonchev–Trinajstić information content (AvgIpc) is 0.823. The number of nitrogens with zero attached hydrogens (tertiary/aromatic N) is 1. The SMILES string of the molecule is Fc1c(F)c(F)c([B-](c2c(F)c(F)c(F)c(F)c2F)(c2c(F)c(F)c(F)c(F)c2F)c2c(F)c(F)c(F)c(F)c2F)c(F)c1F.O=C(C[n+]1ccc2ccccc2c1CCCCc1c2ccccc2cc2ccccc12)c1ccccc1. The van der Waals surface area contributed by atoms with Gasteiger partial charge in [-0.05, 0) is 63.9 Å². The largest absolute Gasteiger partial charge is 0.287 e. The Morgan fingerprint density at radius 2 is 0.634 bits per heavy atom. The number of aryl methyl sites for hydroxylation is 2. The number of fused-ring (bicyclic) bond motifs is 3. The molecule has 0 saturated carbocycles. The summed E-state index contributed by atoms with van der Waals surface area (Å²) < 4.78 is 296. The van der Waals surface area contributed by atoms with E-state index in [1.54, 1.807) is 0 Å². The van der Waals surface area contributed by atoms with Crippen LogP contribution in [0.3, 0.4) is 0 Å². The molecule has 0 saturated heterocycles. The minimum absolute atomic E-state index is 0.143. The zero-order valence-corrected chi connectivity index (χ0v) is 41.1. The molecule has 0 N–H and O–H groups in total. The lowest BCUT2D eigenvalue weighted by atomic mass is 9.12. The predicted octanol–water partition coefficient (Wildman–Crippen LogP) is 13.7. The van der Waals surface area contributed by atoms with Crippen LogP contribution in [0.5, 0.6) is 0 Å². The highest BCUT2D eigenvalue weighted by molar-refractivity contribution is 7.20. The summed E-state index contributed by atoms with van der Waals surface area (Å²) in [6, 6.07) is 40.0. The standard InChI is InChI=1S/C35H30NO.C24BF20/c37-35(27-13-2-1-3-14-27)25-36-23-22-26-12-4-9-19-32(26)34(36)21-11-10-20-33-30-17-7-5-15-28(30)24-29-16-6-8-18-31(29)33;26-5-1(6(27)14(35)21(42)13(5)34)25(2-7(28)15(36)22(43)16(37)8(2)29,3-9(30)17(38)23(44)18(39)10(3)31)4-11(32)19(40)24(45)20(41)12(4)33/h1-9,12-19,22-24H,10-11,20-21,25H2;/q+1;-1. The molecule has 0 amide bonds. The number of carbonyl (C=O) groups is 1. The van der Waals surface area contributed by atoms with Crippen molar-refractivity contribution in [3.05, 3.63) is 255 Å². The molecule has 0 atom stereocenters. The lowest BCUT2D eigenvalue weighted by molar-refractivity contribution is -0.689. The third kappa shape index (κ3) is 9.51. The molecule has 1 heterocycles. The molecule has 82 heavy (non-hydrogen) atoms. The Balaban J connectivity index is 0.000000201. The molecule has 0 bridgehead atoms. The fraction of sp³-hybridized carbons (Fsp3) is 0.0847. The molecular formula is C59H30BF20NO. The maximum absolute atomic E-state index is 15.4. The van der Waals surface area contributed by atoms with Gasteiger partial charge in [-0.1, -0.05) is 97.1 Å². The smallest absolute Gasteiger partial charge is 0.227 e. The minimum atomic E-state index is -7.22. The van der Waals surface area contributed by atoms with E-state index in [0.717, 1.165) is 31.2 Å². The number of aromatic nitrogens is 1.